The summed E-state index contributed by atoms with van der Waals surface area (Å²) in [7, 11) is 0. The third-order valence-electron chi connectivity index (χ3n) is 4.79. The van der Waals surface area contributed by atoms with Crippen LogP contribution >= 0.6 is 0 Å². The molecular weight excluding hydrogens is 364 g/mol. The Morgan fingerprint density at radius 1 is 1.07 bits per heavy atom. The predicted molar refractivity (Wildman–Crippen MR) is 108 cm³/mol. The molecule has 1 N–H and O–H groups in total. The number of benzene rings is 2. The number of aryl methyl sites for hydroxylation is 2. The molecule has 7 heteroatoms. The third kappa shape index (κ3) is 3.69. The van der Waals surface area contributed by atoms with Gasteiger partial charge >= 0.3 is 0 Å². The molecule has 0 bridgehead atoms. The highest BCUT2D eigenvalue weighted by Crippen LogP contribution is 2.20. The van der Waals surface area contributed by atoms with Crippen LogP contribution in [0.5, 0.6) is 0 Å². The second-order valence-corrected chi connectivity index (χ2v) is 6.78. The molecule has 0 spiro atoms. The quantitative estimate of drug-likeness (QED) is 0.585. The molecule has 2 heterocycles. The summed E-state index contributed by atoms with van der Waals surface area (Å²) >= 11 is 0. The summed E-state index contributed by atoms with van der Waals surface area (Å²) < 4.78 is 1.64. The van der Waals surface area contributed by atoms with Gasteiger partial charge in [-0.2, -0.15) is 14.9 Å². The second-order valence-electron chi connectivity index (χ2n) is 6.78. The zero-order chi connectivity index (χ0) is 20.4. The molecule has 7 nitrogen and oxygen atoms in total. The first-order chi connectivity index (χ1) is 14.0. The van der Waals surface area contributed by atoms with Crippen molar-refractivity contribution in [3.8, 4) is 17.3 Å². The first-order valence-electron chi connectivity index (χ1n) is 9.12. The van der Waals surface area contributed by atoms with E-state index in [9.17, 15) is 4.79 Å². The fraction of sp³-hybridized carbons (Fsp3) is 0.136. The molecule has 0 aliphatic heterocycles. The van der Waals surface area contributed by atoms with Crippen LogP contribution in [0.25, 0.3) is 16.9 Å². The fourth-order valence-corrected chi connectivity index (χ4v) is 2.99. The second kappa shape index (κ2) is 7.52. The van der Waals surface area contributed by atoms with Gasteiger partial charge in [-0.3, -0.25) is 4.79 Å². The van der Waals surface area contributed by atoms with Crippen LogP contribution in [0.2, 0.25) is 0 Å². The van der Waals surface area contributed by atoms with Gasteiger partial charge in [0, 0.05) is 11.1 Å². The van der Waals surface area contributed by atoms with E-state index < -0.39 is 0 Å². The van der Waals surface area contributed by atoms with Crippen LogP contribution < -0.4 is 5.32 Å². The number of amides is 1. The van der Waals surface area contributed by atoms with Gasteiger partial charge in [-0.25, -0.2) is 0 Å². The van der Waals surface area contributed by atoms with Crippen LogP contribution in [0.3, 0.4) is 0 Å². The normalized spacial score (nSPS) is 10.7. The van der Waals surface area contributed by atoms with Crippen molar-refractivity contribution in [1.82, 2.24) is 25.1 Å². The number of fused-ring (bicyclic) bond motifs is 1. The Morgan fingerprint density at radius 2 is 1.93 bits per heavy atom. The maximum atomic E-state index is 12.4. The average molecular weight is 382 g/mol. The van der Waals surface area contributed by atoms with Gasteiger partial charge in [-0.15, -0.1) is 10.2 Å². The Bertz CT molecular complexity index is 1270. The van der Waals surface area contributed by atoms with Gasteiger partial charge in [0.15, 0.2) is 11.5 Å². The van der Waals surface area contributed by atoms with Crippen LogP contribution in [0.15, 0.2) is 54.6 Å². The molecule has 2 aromatic carbocycles. The van der Waals surface area contributed by atoms with Gasteiger partial charge in [0.25, 0.3) is 5.91 Å². The lowest BCUT2D eigenvalue weighted by Crippen LogP contribution is -2.24. The van der Waals surface area contributed by atoms with E-state index in [0.717, 1.165) is 11.3 Å². The molecule has 0 atom stereocenters. The summed E-state index contributed by atoms with van der Waals surface area (Å²) in [6.45, 7) is 4.31. The number of nitriles is 1. The summed E-state index contributed by atoms with van der Waals surface area (Å²) in [5.74, 6) is 0.236. The molecule has 0 radical (unpaired) electrons. The van der Waals surface area contributed by atoms with Gasteiger partial charge in [-0.1, -0.05) is 18.2 Å². The lowest BCUT2D eigenvalue weighted by Gasteiger charge is -2.07. The summed E-state index contributed by atoms with van der Waals surface area (Å²) in [6.07, 6.45) is 0. The van der Waals surface area contributed by atoms with Gasteiger partial charge < -0.3 is 5.32 Å². The van der Waals surface area contributed by atoms with Gasteiger partial charge in [0.05, 0.1) is 23.9 Å². The van der Waals surface area contributed by atoms with E-state index >= 15 is 0 Å². The lowest BCUT2D eigenvalue weighted by molar-refractivity contribution is 0.0949. The zero-order valence-corrected chi connectivity index (χ0v) is 16.0. The molecule has 1 amide bonds. The first-order valence-corrected chi connectivity index (χ1v) is 9.12. The van der Waals surface area contributed by atoms with Crippen molar-refractivity contribution in [2.75, 3.05) is 0 Å². The Kier molecular flexibility index (Phi) is 4.75. The van der Waals surface area contributed by atoms with Crippen molar-refractivity contribution in [2.24, 2.45) is 0 Å². The molecular formula is C22H18N6O. The van der Waals surface area contributed by atoms with E-state index in [0.29, 0.717) is 22.6 Å². The minimum Gasteiger partial charge on any atom is -0.345 e. The maximum absolute atomic E-state index is 12.4. The number of nitrogens with zero attached hydrogens (tertiary/aromatic N) is 5. The Balaban J connectivity index is 1.58. The Hall–Kier alpha value is -4.05. The highest BCUT2D eigenvalue weighted by molar-refractivity contribution is 5.94. The van der Waals surface area contributed by atoms with Gasteiger partial charge in [0.1, 0.15) is 0 Å². The highest BCUT2D eigenvalue weighted by atomic mass is 16.1. The zero-order valence-electron chi connectivity index (χ0n) is 16.0. The van der Waals surface area contributed by atoms with E-state index in [1.165, 1.54) is 11.1 Å². The van der Waals surface area contributed by atoms with E-state index in [1.807, 2.05) is 24.3 Å². The molecule has 0 saturated heterocycles. The minimum atomic E-state index is -0.288. The summed E-state index contributed by atoms with van der Waals surface area (Å²) in [4.78, 5) is 12.4. The van der Waals surface area contributed by atoms with Crippen LogP contribution in [-0.4, -0.2) is 25.7 Å². The van der Waals surface area contributed by atoms with E-state index in [1.54, 1.807) is 28.8 Å². The smallest absolute Gasteiger partial charge is 0.251 e. The number of carbonyl (C=O) groups excluding carboxylic acids is 1. The van der Waals surface area contributed by atoms with Crippen LogP contribution in [0, 0.1) is 25.2 Å². The van der Waals surface area contributed by atoms with Crippen molar-refractivity contribution in [3.05, 3.63) is 82.7 Å². The predicted octanol–water partition coefficient (Wildman–Crippen LogP) is 3.21. The van der Waals surface area contributed by atoms with Crippen molar-refractivity contribution in [2.45, 2.75) is 20.4 Å². The number of hydrogen-bond acceptors (Lipinski definition) is 5. The molecule has 0 aliphatic carbocycles. The molecule has 4 aromatic rings. The SMILES string of the molecule is Cc1ccc(-c2ccc3nnc(CNC(=O)c4cccc(C#N)c4)n3n2)cc1C. The fourth-order valence-electron chi connectivity index (χ4n) is 2.99. The van der Waals surface area contributed by atoms with E-state index in [4.69, 9.17) is 5.26 Å². The third-order valence-corrected chi connectivity index (χ3v) is 4.79. The number of nitrogens with one attached hydrogen (secondary N) is 1. The summed E-state index contributed by atoms with van der Waals surface area (Å²) in [5, 5.41) is 24.7. The van der Waals surface area contributed by atoms with Crippen molar-refractivity contribution in [1.29, 1.82) is 5.26 Å². The van der Waals surface area contributed by atoms with Crippen molar-refractivity contribution < 1.29 is 4.79 Å². The molecule has 4 rings (SSSR count). The highest BCUT2D eigenvalue weighted by Gasteiger charge is 2.12. The lowest BCUT2D eigenvalue weighted by atomic mass is 10.0. The topological polar surface area (TPSA) is 96.0 Å². The largest absolute Gasteiger partial charge is 0.345 e. The number of carbonyl (C=O) groups is 1. The minimum absolute atomic E-state index is 0.167. The average Bonchev–Trinajstić information content (AvgIpc) is 3.16. The van der Waals surface area contributed by atoms with Gasteiger partial charge in [-0.05, 0) is 61.4 Å². The molecule has 142 valence electrons. The van der Waals surface area contributed by atoms with E-state index in [-0.39, 0.29) is 12.5 Å². The number of rotatable bonds is 4. The summed E-state index contributed by atoms with van der Waals surface area (Å²) in [5.41, 5.74) is 5.69. The molecule has 0 saturated carbocycles. The van der Waals surface area contributed by atoms with Crippen molar-refractivity contribution >= 4 is 11.6 Å². The molecule has 0 aliphatic rings. The Labute approximate surface area is 167 Å². The summed E-state index contributed by atoms with van der Waals surface area (Å²) in [6, 6.07) is 18.5. The standard InChI is InChI=1S/C22H18N6O/c1-14-6-7-17(10-15(14)2)19-8-9-20-25-26-21(28(20)27-19)13-24-22(29)18-5-3-4-16(11-18)12-23/h3-11H,13H2,1-2H3,(H,24,29). The molecule has 0 fully saturated rings. The number of aromatic nitrogens is 4. The van der Waals surface area contributed by atoms with Gasteiger partial charge in [0.2, 0.25) is 0 Å². The monoisotopic (exact) mass is 382 g/mol. The Morgan fingerprint density at radius 3 is 2.72 bits per heavy atom. The molecule has 29 heavy (non-hydrogen) atoms. The van der Waals surface area contributed by atoms with Crippen LogP contribution in [0.4, 0.5) is 0 Å². The first kappa shape index (κ1) is 18.3. The van der Waals surface area contributed by atoms with Crippen LogP contribution in [0.1, 0.15) is 32.9 Å². The molecule has 0 unspecified atom stereocenters. The van der Waals surface area contributed by atoms with Crippen LogP contribution in [-0.2, 0) is 6.54 Å². The maximum Gasteiger partial charge on any atom is 0.251 e. The molecule has 2 aromatic heterocycles. The van der Waals surface area contributed by atoms with E-state index in [2.05, 4.69) is 46.6 Å². The number of hydrogen-bond donors (Lipinski definition) is 1. The van der Waals surface area contributed by atoms with Crippen molar-refractivity contribution in [3.63, 3.8) is 0 Å².